The molecule has 3 atom stereocenters. The van der Waals surface area contributed by atoms with Crippen LogP contribution >= 0.6 is 37.5 Å². The fourth-order valence-electron chi connectivity index (χ4n) is 5.07. The molecule has 1 heterocycles. The molecule has 2 aliphatic rings. The van der Waals surface area contributed by atoms with Gasteiger partial charge in [0, 0.05) is 34.9 Å². The number of benzene rings is 1. The van der Waals surface area contributed by atoms with Gasteiger partial charge in [0.05, 0.1) is 0 Å². The Kier molecular flexibility index (Phi) is 13.5. The van der Waals surface area contributed by atoms with E-state index >= 15 is 0 Å². The van der Waals surface area contributed by atoms with Gasteiger partial charge in [-0.2, -0.15) is 0 Å². The third kappa shape index (κ3) is 10.2. The molecule has 0 bridgehead atoms. The molecule has 1 aromatic rings. The van der Waals surface area contributed by atoms with Crippen molar-refractivity contribution in [2.24, 2.45) is 5.92 Å². The van der Waals surface area contributed by atoms with Gasteiger partial charge in [-0.15, -0.1) is 0 Å². The van der Waals surface area contributed by atoms with Gasteiger partial charge in [0.25, 0.3) is 5.91 Å². The molecule has 1 aromatic carbocycles. The van der Waals surface area contributed by atoms with E-state index in [2.05, 4.69) is 31.9 Å². The Morgan fingerprint density at radius 2 is 1.74 bits per heavy atom. The molecule has 1 saturated heterocycles. The summed E-state index contributed by atoms with van der Waals surface area (Å²) in [6, 6.07) is 5.72. The maximum atomic E-state index is 13.6. The van der Waals surface area contributed by atoms with E-state index in [0.717, 1.165) is 61.4 Å². The van der Waals surface area contributed by atoms with Crippen LogP contribution in [0, 0.1) is 5.92 Å². The van der Waals surface area contributed by atoms with Gasteiger partial charge in [-0.05, 0) is 62.6 Å². The monoisotopic (exact) mass is 625 g/mol. The Bertz CT molecular complexity index is 935. The Labute approximate surface area is 242 Å². The van der Waals surface area contributed by atoms with Crippen LogP contribution in [0.3, 0.4) is 0 Å². The van der Waals surface area contributed by atoms with Crippen molar-refractivity contribution in [2.75, 3.05) is 12.3 Å². The van der Waals surface area contributed by atoms with Crippen LogP contribution in [0.2, 0.25) is 0 Å². The fraction of sp³-hybridized carbons (Fsp3) is 0.643. The van der Waals surface area contributed by atoms with Gasteiger partial charge in [-0.3, -0.25) is 19.2 Å². The lowest BCUT2D eigenvalue weighted by Gasteiger charge is -2.31. The number of carbonyl (C=O) groups excluding carboxylic acids is 4. The molecular weight excluding hydrogens is 586 g/mol. The highest BCUT2D eigenvalue weighted by molar-refractivity contribution is 9.10. The normalized spacial score (nSPS) is 19.4. The van der Waals surface area contributed by atoms with Crippen LogP contribution in [0.4, 0.5) is 0 Å². The highest BCUT2D eigenvalue weighted by Gasteiger charge is 2.34. The summed E-state index contributed by atoms with van der Waals surface area (Å²) < 4.78 is 0.901. The zero-order valence-electron chi connectivity index (χ0n) is 22.1. The topological polar surface area (TPSA) is 104 Å². The molecule has 3 amide bonds. The number of Topliss-reactive ketones (excluding diaryl/α,β-unsaturated/α-hetero) is 1. The molecular formula is C28H40BrN3O4S2. The molecule has 1 aliphatic carbocycles. The standard InChI is InChI=1S/C28H40BrN3O4S2/c1-2-30-28(36)26(34)23(18-19-12-14-21(29)15-13-19)31-27(35)25(20-8-4-3-5-9-20)32-24(33)11-7-6-10-22-16-17-37-38-22/h12-15,20,22-23,25H,2-11,16-18H2,1H3,(H,30,36)(H,31,35)(H,32,33)/t22?,23-,25-/m0/s1. The van der Waals surface area contributed by atoms with Crippen LogP contribution < -0.4 is 16.0 Å². The third-order valence-electron chi connectivity index (χ3n) is 7.17. The van der Waals surface area contributed by atoms with Crippen LogP contribution in [-0.4, -0.2) is 53.1 Å². The van der Waals surface area contributed by atoms with Crippen molar-refractivity contribution >= 4 is 61.0 Å². The van der Waals surface area contributed by atoms with Crippen molar-refractivity contribution in [3.05, 3.63) is 34.3 Å². The second kappa shape index (κ2) is 16.6. The summed E-state index contributed by atoms with van der Waals surface area (Å²) in [5.41, 5.74) is 0.827. The number of likely N-dealkylation sites (N-methyl/N-ethyl adjacent to an activating group) is 1. The van der Waals surface area contributed by atoms with Crippen LogP contribution in [0.25, 0.3) is 0 Å². The van der Waals surface area contributed by atoms with Gasteiger partial charge in [0.2, 0.25) is 17.6 Å². The summed E-state index contributed by atoms with van der Waals surface area (Å²) >= 11 is 3.41. The van der Waals surface area contributed by atoms with E-state index < -0.39 is 23.8 Å². The molecule has 210 valence electrons. The second-order valence-electron chi connectivity index (χ2n) is 10.1. The Balaban J connectivity index is 1.65. The van der Waals surface area contributed by atoms with Gasteiger partial charge in [0.15, 0.2) is 0 Å². The Morgan fingerprint density at radius 1 is 1.00 bits per heavy atom. The van der Waals surface area contributed by atoms with Crippen LogP contribution in [0.5, 0.6) is 0 Å². The van der Waals surface area contributed by atoms with Gasteiger partial charge >= 0.3 is 0 Å². The second-order valence-corrected chi connectivity index (χ2v) is 13.8. The summed E-state index contributed by atoms with van der Waals surface area (Å²) in [7, 11) is 3.88. The molecule has 38 heavy (non-hydrogen) atoms. The average Bonchev–Trinajstić information content (AvgIpc) is 3.44. The highest BCUT2D eigenvalue weighted by atomic mass is 79.9. The van der Waals surface area contributed by atoms with E-state index in [0.29, 0.717) is 18.2 Å². The molecule has 7 nitrogen and oxygen atoms in total. The smallest absolute Gasteiger partial charge is 0.289 e. The van der Waals surface area contributed by atoms with E-state index in [9.17, 15) is 19.2 Å². The minimum absolute atomic E-state index is 0.0208. The summed E-state index contributed by atoms with van der Waals surface area (Å²) in [6.45, 7) is 2.07. The van der Waals surface area contributed by atoms with E-state index in [1.165, 1.54) is 12.2 Å². The lowest BCUT2D eigenvalue weighted by atomic mass is 9.83. The number of unbranched alkanes of at least 4 members (excludes halogenated alkanes) is 1. The zero-order chi connectivity index (χ0) is 27.3. The Hall–Kier alpha value is -1.52. The predicted molar refractivity (Wildman–Crippen MR) is 159 cm³/mol. The van der Waals surface area contributed by atoms with Gasteiger partial charge in [-0.1, -0.05) is 75.3 Å². The number of amides is 3. The molecule has 1 saturated carbocycles. The van der Waals surface area contributed by atoms with Gasteiger partial charge < -0.3 is 16.0 Å². The number of nitrogens with one attached hydrogen (secondary N) is 3. The first kappa shape index (κ1) is 31.0. The summed E-state index contributed by atoms with van der Waals surface area (Å²) in [5.74, 6) is -0.674. The largest absolute Gasteiger partial charge is 0.350 e. The molecule has 1 unspecified atom stereocenters. The third-order valence-corrected chi connectivity index (χ3v) is 10.7. The lowest BCUT2D eigenvalue weighted by Crippen LogP contribution is -2.56. The predicted octanol–water partition coefficient (Wildman–Crippen LogP) is 4.96. The van der Waals surface area contributed by atoms with Crippen molar-refractivity contribution in [3.8, 4) is 0 Å². The molecule has 3 N–H and O–H groups in total. The van der Waals surface area contributed by atoms with E-state index in [-0.39, 0.29) is 24.2 Å². The molecule has 0 spiro atoms. The molecule has 0 aromatic heterocycles. The number of ketones is 1. The first-order valence-electron chi connectivity index (χ1n) is 13.8. The minimum Gasteiger partial charge on any atom is -0.350 e. The fourth-order valence-corrected chi connectivity index (χ4v) is 8.36. The first-order chi connectivity index (χ1) is 18.4. The van der Waals surface area contributed by atoms with Gasteiger partial charge in [-0.25, -0.2) is 0 Å². The summed E-state index contributed by atoms with van der Waals surface area (Å²) in [5, 5.41) is 9.09. The number of carbonyl (C=O) groups is 4. The van der Waals surface area contributed by atoms with Crippen LogP contribution in [0.15, 0.2) is 28.7 Å². The molecule has 2 fully saturated rings. The maximum Gasteiger partial charge on any atom is 0.289 e. The van der Waals surface area contributed by atoms with Crippen molar-refractivity contribution in [3.63, 3.8) is 0 Å². The molecule has 0 radical (unpaired) electrons. The molecule has 10 heteroatoms. The lowest BCUT2D eigenvalue weighted by molar-refractivity contribution is -0.140. The van der Waals surface area contributed by atoms with Crippen LogP contribution in [0.1, 0.15) is 76.7 Å². The van der Waals surface area contributed by atoms with Crippen molar-refractivity contribution in [1.29, 1.82) is 0 Å². The number of rotatable bonds is 14. The van der Waals surface area contributed by atoms with Crippen molar-refractivity contribution in [2.45, 2.75) is 94.9 Å². The first-order valence-corrected chi connectivity index (χ1v) is 17.0. The molecule has 3 rings (SSSR count). The summed E-state index contributed by atoms with van der Waals surface area (Å²) in [6.07, 6.45) is 9.61. The van der Waals surface area contributed by atoms with E-state index in [1.807, 2.05) is 45.9 Å². The average molecular weight is 627 g/mol. The number of hydrogen-bond donors (Lipinski definition) is 3. The quantitative estimate of drug-likeness (QED) is 0.153. The SMILES string of the molecule is CCNC(=O)C(=O)[C@H](Cc1ccc(Br)cc1)NC(=O)[C@@H](NC(=O)CCCCC1CCSS1)C1CCCCC1. The Morgan fingerprint density at radius 3 is 2.39 bits per heavy atom. The van der Waals surface area contributed by atoms with Gasteiger partial charge in [0.1, 0.15) is 12.1 Å². The van der Waals surface area contributed by atoms with Crippen LogP contribution in [-0.2, 0) is 25.6 Å². The van der Waals surface area contributed by atoms with Crippen molar-refractivity contribution in [1.82, 2.24) is 16.0 Å². The highest BCUT2D eigenvalue weighted by Crippen LogP contribution is 2.39. The van der Waals surface area contributed by atoms with E-state index in [1.54, 1.807) is 6.92 Å². The number of hydrogen-bond acceptors (Lipinski definition) is 6. The van der Waals surface area contributed by atoms with Crippen molar-refractivity contribution < 1.29 is 19.2 Å². The molecule has 1 aliphatic heterocycles. The maximum absolute atomic E-state index is 13.6. The van der Waals surface area contributed by atoms with E-state index in [4.69, 9.17) is 0 Å². The number of halogens is 1. The zero-order valence-corrected chi connectivity index (χ0v) is 25.4. The summed E-state index contributed by atoms with van der Waals surface area (Å²) in [4.78, 5) is 51.9. The minimum atomic E-state index is -1.01.